The monoisotopic (exact) mass is 189 g/mol. The molecule has 0 saturated heterocycles. The first-order valence-electron chi connectivity index (χ1n) is 5.06. The van der Waals surface area contributed by atoms with Gasteiger partial charge in [-0.3, -0.25) is 0 Å². The molecule has 74 valence electrons. The predicted octanol–water partition coefficient (Wildman–Crippen LogP) is 1.62. The fourth-order valence-corrected chi connectivity index (χ4v) is 1.77. The van der Waals surface area contributed by atoms with E-state index < -0.39 is 0 Å². The molecule has 1 heterocycles. The Morgan fingerprint density at radius 2 is 2.14 bits per heavy atom. The molecule has 0 fully saturated rings. The van der Waals surface area contributed by atoms with Gasteiger partial charge in [0.05, 0.1) is 0 Å². The van der Waals surface area contributed by atoms with Gasteiger partial charge in [0.15, 0.2) is 5.82 Å². The van der Waals surface area contributed by atoms with Crippen LogP contribution in [0.2, 0.25) is 0 Å². The van der Waals surface area contributed by atoms with Crippen LogP contribution in [0.25, 0.3) is 5.57 Å². The van der Waals surface area contributed by atoms with Gasteiger partial charge in [0.2, 0.25) is 0 Å². The Balaban J connectivity index is 2.11. The smallest absolute Gasteiger partial charge is 0.154 e. The number of aromatic nitrogens is 2. The van der Waals surface area contributed by atoms with Crippen molar-refractivity contribution in [1.29, 1.82) is 0 Å². The number of allylic oxidation sites excluding steroid dienone is 2. The first-order chi connectivity index (χ1) is 6.90. The molecule has 0 amide bonds. The normalized spacial score (nSPS) is 21.8. The molecule has 14 heavy (non-hydrogen) atoms. The SMILES string of the molecule is NCC1CC=C(c2ncccn2)CC1. The van der Waals surface area contributed by atoms with Crippen LogP contribution in [-0.2, 0) is 0 Å². The van der Waals surface area contributed by atoms with E-state index in [2.05, 4.69) is 16.0 Å². The molecule has 1 unspecified atom stereocenters. The minimum absolute atomic E-state index is 0.655. The molecule has 0 bridgehead atoms. The van der Waals surface area contributed by atoms with Crippen molar-refractivity contribution in [1.82, 2.24) is 9.97 Å². The quantitative estimate of drug-likeness (QED) is 0.769. The average Bonchev–Trinajstić information content (AvgIpc) is 2.30. The van der Waals surface area contributed by atoms with Gasteiger partial charge in [0.25, 0.3) is 0 Å². The molecule has 2 N–H and O–H groups in total. The second-order valence-electron chi connectivity index (χ2n) is 3.68. The second kappa shape index (κ2) is 4.33. The zero-order valence-corrected chi connectivity index (χ0v) is 8.19. The highest BCUT2D eigenvalue weighted by molar-refractivity contribution is 5.60. The Hall–Kier alpha value is -1.22. The minimum Gasteiger partial charge on any atom is -0.330 e. The summed E-state index contributed by atoms with van der Waals surface area (Å²) in [5.41, 5.74) is 6.90. The molecular formula is C11H15N3. The van der Waals surface area contributed by atoms with Crippen molar-refractivity contribution in [2.45, 2.75) is 19.3 Å². The Kier molecular flexibility index (Phi) is 2.89. The summed E-state index contributed by atoms with van der Waals surface area (Å²) in [6, 6.07) is 1.84. The molecule has 0 saturated carbocycles. The third-order valence-corrected chi connectivity index (χ3v) is 2.71. The van der Waals surface area contributed by atoms with Gasteiger partial charge in [-0.05, 0) is 43.4 Å². The number of hydrogen-bond acceptors (Lipinski definition) is 3. The number of nitrogens with zero attached hydrogens (tertiary/aromatic N) is 2. The average molecular weight is 189 g/mol. The summed E-state index contributed by atoms with van der Waals surface area (Å²) in [5, 5.41) is 0. The lowest BCUT2D eigenvalue weighted by Gasteiger charge is -2.19. The molecule has 0 spiro atoms. The Bertz CT molecular complexity index is 319. The van der Waals surface area contributed by atoms with Crippen molar-refractivity contribution in [3.63, 3.8) is 0 Å². The van der Waals surface area contributed by atoms with E-state index >= 15 is 0 Å². The molecule has 1 aromatic heterocycles. The van der Waals surface area contributed by atoms with Gasteiger partial charge < -0.3 is 5.73 Å². The van der Waals surface area contributed by atoms with E-state index in [0.717, 1.165) is 25.2 Å². The van der Waals surface area contributed by atoms with Crippen LogP contribution < -0.4 is 5.73 Å². The van der Waals surface area contributed by atoms with Gasteiger partial charge >= 0.3 is 0 Å². The van der Waals surface area contributed by atoms with Crippen LogP contribution in [0.4, 0.5) is 0 Å². The molecule has 1 atom stereocenters. The summed E-state index contributed by atoms with van der Waals surface area (Å²) in [6.07, 6.45) is 9.11. The lowest BCUT2D eigenvalue weighted by molar-refractivity contribution is 0.496. The Morgan fingerprint density at radius 3 is 2.71 bits per heavy atom. The maximum Gasteiger partial charge on any atom is 0.154 e. The van der Waals surface area contributed by atoms with Crippen molar-refractivity contribution in [3.8, 4) is 0 Å². The molecule has 1 aromatic rings. The van der Waals surface area contributed by atoms with Crippen LogP contribution in [0.3, 0.4) is 0 Å². The summed E-state index contributed by atoms with van der Waals surface area (Å²) >= 11 is 0. The fourth-order valence-electron chi connectivity index (χ4n) is 1.77. The van der Waals surface area contributed by atoms with E-state index in [4.69, 9.17) is 5.73 Å². The third-order valence-electron chi connectivity index (χ3n) is 2.71. The molecule has 1 aliphatic carbocycles. The second-order valence-corrected chi connectivity index (χ2v) is 3.68. The van der Waals surface area contributed by atoms with Crippen molar-refractivity contribution in [2.24, 2.45) is 11.7 Å². The van der Waals surface area contributed by atoms with Crippen molar-refractivity contribution >= 4 is 5.57 Å². The molecule has 1 aliphatic rings. The van der Waals surface area contributed by atoms with Crippen LogP contribution in [0.5, 0.6) is 0 Å². The summed E-state index contributed by atoms with van der Waals surface area (Å²) in [5.74, 6) is 1.53. The summed E-state index contributed by atoms with van der Waals surface area (Å²) < 4.78 is 0. The highest BCUT2D eigenvalue weighted by Gasteiger charge is 2.14. The first kappa shape index (κ1) is 9.34. The van der Waals surface area contributed by atoms with Crippen LogP contribution in [0.1, 0.15) is 25.1 Å². The molecule has 0 aliphatic heterocycles. The van der Waals surface area contributed by atoms with Gasteiger partial charge in [0, 0.05) is 12.4 Å². The standard InChI is InChI=1S/C11H15N3/c12-8-9-2-4-10(5-3-9)11-13-6-1-7-14-11/h1,4,6-7,9H,2-3,5,8,12H2. The zero-order valence-electron chi connectivity index (χ0n) is 8.19. The molecular weight excluding hydrogens is 174 g/mol. The van der Waals surface area contributed by atoms with E-state index in [0.29, 0.717) is 5.92 Å². The van der Waals surface area contributed by atoms with Crippen LogP contribution in [0, 0.1) is 5.92 Å². The zero-order chi connectivity index (χ0) is 9.80. The van der Waals surface area contributed by atoms with Crippen LogP contribution >= 0.6 is 0 Å². The van der Waals surface area contributed by atoms with Gasteiger partial charge in [0.1, 0.15) is 0 Å². The van der Waals surface area contributed by atoms with Gasteiger partial charge in [-0.25, -0.2) is 9.97 Å². The van der Waals surface area contributed by atoms with E-state index in [1.165, 1.54) is 12.0 Å². The fraction of sp³-hybridized carbons (Fsp3) is 0.455. The topological polar surface area (TPSA) is 51.8 Å². The van der Waals surface area contributed by atoms with Crippen molar-refractivity contribution in [2.75, 3.05) is 6.54 Å². The van der Waals surface area contributed by atoms with Gasteiger partial charge in [-0.1, -0.05) is 6.08 Å². The number of hydrogen-bond donors (Lipinski definition) is 1. The third kappa shape index (κ3) is 1.99. The number of rotatable bonds is 2. The van der Waals surface area contributed by atoms with Crippen molar-refractivity contribution in [3.05, 3.63) is 30.4 Å². The van der Waals surface area contributed by atoms with E-state index in [1.807, 2.05) is 6.07 Å². The predicted molar refractivity (Wildman–Crippen MR) is 56.4 cm³/mol. The lowest BCUT2D eigenvalue weighted by atomic mass is 9.89. The number of nitrogens with two attached hydrogens (primary N) is 1. The summed E-state index contributed by atoms with van der Waals surface area (Å²) in [4.78, 5) is 8.49. The highest BCUT2D eigenvalue weighted by atomic mass is 14.9. The van der Waals surface area contributed by atoms with E-state index in [-0.39, 0.29) is 0 Å². The largest absolute Gasteiger partial charge is 0.330 e. The van der Waals surface area contributed by atoms with Gasteiger partial charge in [-0.15, -0.1) is 0 Å². The molecule has 3 heteroatoms. The van der Waals surface area contributed by atoms with Crippen LogP contribution in [-0.4, -0.2) is 16.5 Å². The molecule has 0 aromatic carbocycles. The van der Waals surface area contributed by atoms with E-state index in [1.54, 1.807) is 12.4 Å². The van der Waals surface area contributed by atoms with Crippen molar-refractivity contribution < 1.29 is 0 Å². The van der Waals surface area contributed by atoms with E-state index in [9.17, 15) is 0 Å². The molecule has 0 radical (unpaired) electrons. The minimum atomic E-state index is 0.655. The lowest BCUT2D eigenvalue weighted by Crippen LogP contribution is -2.16. The first-order valence-corrected chi connectivity index (χ1v) is 5.06. The summed E-state index contributed by atoms with van der Waals surface area (Å²) in [7, 11) is 0. The van der Waals surface area contributed by atoms with Crippen LogP contribution in [0.15, 0.2) is 24.5 Å². The van der Waals surface area contributed by atoms with Gasteiger partial charge in [-0.2, -0.15) is 0 Å². The Labute approximate surface area is 84.1 Å². The maximum absolute atomic E-state index is 5.63. The highest BCUT2D eigenvalue weighted by Crippen LogP contribution is 2.27. The maximum atomic E-state index is 5.63. The Morgan fingerprint density at radius 1 is 1.36 bits per heavy atom. The summed E-state index contributed by atoms with van der Waals surface area (Å²) in [6.45, 7) is 0.791. The molecule has 3 nitrogen and oxygen atoms in total. The molecule has 2 rings (SSSR count).